The highest BCUT2D eigenvalue weighted by molar-refractivity contribution is 5.87. The second kappa shape index (κ2) is 10.4. The predicted molar refractivity (Wildman–Crippen MR) is 128 cm³/mol. The fourth-order valence-corrected chi connectivity index (χ4v) is 5.21. The first-order valence-electron chi connectivity index (χ1n) is 12.1. The molecule has 1 fully saturated rings. The van der Waals surface area contributed by atoms with E-state index >= 15 is 0 Å². The highest BCUT2D eigenvalue weighted by Gasteiger charge is 2.40. The lowest BCUT2D eigenvalue weighted by atomic mass is 9.93. The van der Waals surface area contributed by atoms with E-state index in [0.717, 1.165) is 37.0 Å². The minimum absolute atomic E-state index is 0.0219. The van der Waals surface area contributed by atoms with Gasteiger partial charge in [-0.15, -0.1) is 0 Å². The third-order valence-electron chi connectivity index (χ3n) is 7.09. The molecule has 1 aliphatic carbocycles. The number of rotatable bonds is 7. The molecule has 0 bridgehead atoms. The van der Waals surface area contributed by atoms with E-state index in [1.807, 2.05) is 6.92 Å². The van der Waals surface area contributed by atoms with Gasteiger partial charge < -0.3 is 23.9 Å². The molecule has 2 aromatic carbocycles. The summed E-state index contributed by atoms with van der Waals surface area (Å²) in [5, 5.41) is 12.8. The molecular weight excluding hydrogens is 475 g/mol. The fourth-order valence-electron chi connectivity index (χ4n) is 5.21. The molecule has 3 aromatic rings. The molecule has 1 unspecified atom stereocenters. The van der Waals surface area contributed by atoms with Crippen LogP contribution in [0.3, 0.4) is 0 Å². The Morgan fingerprint density at radius 3 is 2.36 bits per heavy atom. The van der Waals surface area contributed by atoms with E-state index in [2.05, 4.69) is 0 Å². The zero-order chi connectivity index (χ0) is 26.0. The van der Waals surface area contributed by atoms with E-state index in [1.54, 1.807) is 0 Å². The number of nitrogens with one attached hydrogen (secondary N) is 1. The summed E-state index contributed by atoms with van der Waals surface area (Å²) in [6.07, 6.45) is 0.391. The molecule has 0 aliphatic heterocycles. The van der Waals surface area contributed by atoms with Gasteiger partial charge in [-0.25, -0.2) is 0 Å². The van der Waals surface area contributed by atoms with Crippen molar-refractivity contribution in [2.75, 3.05) is 20.8 Å². The third kappa shape index (κ3) is 4.89. The van der Waals surface area contributed by atoms with Gasteiger partial charge in [-0.05, 0) is 56.4 Å². The second-order valence-electron chi connectivity index (χ2n) is 9.15. The number of fused-ring (bicyclic) bond motifs is 1. The highest BCUT2D eigenvalue weighted by atomic mass is 19.4. The molecule has 194 valence electrons. The number of alkyl halides is 3. The van der Waals surface area contributed by atoms with E-state index in [4.69, 9.17) is 13.9 Å². The van der Waals surface area contributed by atoms with Crippen LogP contribution in [0.4, 0.5) is 13.2 Å². The first-order chi connectivity index (χ1) is 17.2. The summed E-state index contributed by atoms with van der Waals surface area (Å²) in [6.45, 7) is 2.90. The van der Waals surface area contributed by atoms with Gasteiger partial charge in [0.1, 0.15) is 12.1 Å². The van der Waals surface area contributed by atoms with Crippen LogP contribution in [0.15, 0.2) is 39.5 Å². The normalized spacial score (nSPS) is 15.7. The molecule has 1 N–H and O–H groups in total. The summed E-state index contributed by atoms with van der Waals surface area (Å²) in [5.41, 5.74) is -1.69. The molecule has 1 saturated carbocycles. The molecule has 6 nitrogen and oxygen atoms in total. The molecule has 1 aromatic heterocycles. The Morgan fingerprint density at radius 1 is 1.06 bits per heavy atom. The van der Waals surface area contributed by atoms with Gasteiger partial charge in [0.2, 0.25) is 11.2 Å². The van der Waals surface area contributed by atoms with Crippen molar-refractivity contribution in [2.24, 2.45) is 0 Å². The first-order valence-corrected chi connectivity index (χ1v) is 12.1. The van der Waals surface area contributed by atoms with Gasteiger partial charge in [0, 0.05) is 5.56 Å². The van der Waals surface area contributed by atoms with Crippen LogP contribution in [0.1, 0.15) is 50.4 Å². The van der Waals surface area contributed by atoms with Crippen LogP contribution in [0, 0.1) is 0 Å². The van der Waals surface area contributed by atoms with E-state index in [0.29, 0.717) is 18.3 Å². The van der Waals surface area contributed by atoms with Crippen molar-refractivity contribution in [1.29, 1.82) is 0 Å². The van der Waals surface area contributed by atoms with Crippen LogP contribution in [0.5, 0.6) is 17.2 Å². The van der Waals surface area contributed by atoms with Crippen LogP contribution < -0.4 is 24.9 Å². The maximum Gasteiger partial charge on any atom is 0.450 e. The van der Waals surface area contributed by atoms with Gasteiger partial charge in [-0.3, -0.25) is 4.79 Å². The molecule has 0 amide bonds. The molecule has 0 saturated heterocycles. The molecular formula is C27H30F3NO5. The smallest absolute Gasteiger partial charge is 0.450 e. The summed E-state index contributed by atoms with van der Waals surface area (Å²) >= 11 is 0. The number of methoxy groups -OCH3 is 2. The lowest BCUT2D eigenvalue weighted by molar-refractivity contribution is -0.938. The second-order valence-corrected chi connectivity index (χ2v) is 9.15. The SMILES string of the molecule is CC[NH+](Cc1c([O-])ccc2c(=O)c(-c3ccc(OC)c(OC)c3)c(C(F)(F)F)oc12)C1CCCCC1. The minimum atomic E-state index is -4.97. The monoisotopic (exact) mass is 505 g/mol. The molecule has 4 rings (SSSR count). The molecule has 9 heteroatoms. The van der Waals surface area contributed by atoms with Crippen LogP contribution in [-0.2, 0) is 12.7 Å². The average molecular weight is 506 g/mol. The van der Waals surface area contributed by atoms with E-state index in [9.17, 15) is 23.1 Å². The van der Waals surface area contributed by atoms with Gasteiger partial charge in [-0.1, -0.05) is 24.3 Å². The maximum atomic E-state index is 14.2. The van der Waals surface area contributed by atoms with Crippen molar-refractivity contribution in [3.8, 4) is 28.4 Å². The molecule has 36 heavy (non-hydrogen) atoms. The Kier molecular flexibility index (Phi) is 7.49. The van der Waals surface area contributed by atoms with Gasteiger partial charge in [0.05, 0.1) is 37.8 Å². The first kappa shape index (κ1) is 25.9. The zero-order valence-electron chi connectivity index (χ0n) is 20.6. The topological polar surface area (TPSA) is 76.2 Å². The number of ether oxygens (including phenoxy) is 2. The number of hydrogen-bond acceptors (Lipinski definition) is 5. The standard InChI is InChI=1S/C27H30F3NO5/c1-4-31(17-8-6-5-7-9-17)15-19-20(32)12-11-18-24(33)23(26(27(28,29)30)36-25(18)19)16-10-13-21(34-2)22(14-16)35-3/h10-14,17,32H,4-9,15H2,1-3H3. The Balaban J connectivity index is 1.92. The van der Waals surface area contributed by atoms with Crippen molar-refractivity contribution < 1.29 is 37.1 Å². The lowest BCUT2D eigenvalue weighted by Gasteiger charge is -2.31. The average Bonchev–Trinajstić information content (AvgIpc) is 2.87. The Morgan fingerprint density at radius 2 is 1.75 bits per heavy atom. The van der Waals surface area contributed by atoms with Crippen LogP contribution in [-0.4, -0.2) is 26.8 Å². The van der Waals surface area contributed by atoms with Gasteiger partial charge in [-0.2, -0.15) is 13.2 Å². The highest BCUT2D eigenvalue weighted by Crippen LogP contribution is 2.40. The quantitative estimate of drug-likeness (QED) is 0.518. The summed E-state index contributed by atoms with van der Waals surface area (Å²) in [4.78, 5) is 14.6. The third-order valence-corrected chi connectivity index (χ3v) is 7.09. The van der Waals surface area contributed by atoms with Crippen molar-refractivity contribution in [1.82, 2.24) is 0 Å². The number of benzene rings is 2. The Hall–Kier alpha value is -3.20. The summed E-state index contributed by atoms with van der Waals surface area (Å²) in [5.74, 6) is -1.38. The summed E-state index contributed by atoms with van der Waals surface area (Å²) < 4.78 is 58.6. The lowest BCUT2D eigenvalue weighted by Crippen LogP contribution is -3.14. The largest absolute Gasteiger partial charge is 0.872 e. The Labute approximate surface area is 207 Å². The van der Waals surface area contributed by atoms with Crippen molar-refractivity contribution in [3.63, 3.8) is 0 Å². The molecule has 1 atom stereocenters. The molecule has 0 spiro atoms. The number of halogens is 3. The van der Waals surface area contributed by atoms with E-state index < -0.39 is 28.7 Å². The zero-order valence-corrected chi connectivity index (χ0v) is 20.6. The fraction of sp³-hybridized carbons (Fsp3) is 0.444. The van der Waals surface area contributed by atoms with Gasteiger partial charge in [0.25, 0.3) is 0 Å². The summed E-state index contributed by atoms with van der Waals surface area (Å²) in [7, 11) is 2.76. The molecule has 1 heterocycles. The van der Waals surface area contributed by atoms with Crippen LogP contribution >= 0.6 is 0 Å². The van der Waals surface area contributed by atoms with Gasteiger partial charge in [0.15, 0.2) is 11.5 Å². The molecule has 1 aliphatic rings. The minimum Gasteiger partial charge on any atom is -0.872 e. The Bertz CT molecular complexity index is 1300. The van der Waals surface area contributed by atoms with Crippen molar-refractivity contribution >= 4 is 11.0 Å². The van der Waals surface area contributed by atoms with Crippen molar-refractivity contribution in [3.05, 3.63) is 51.9 Å². The number of quaternary nitrogens is 1. The predicted octanol–water partition coefficient (Wildman–Crippen LogP) is 4.31. The van der Waals surface area contributed by atoms with Crippen molar-refractivity contribution in [2.45, 2.75) is 57.8 Å². The summed E-state index contributed by atoms with van der Waals surface area (Å²) in [6, 6.07) is 6.90. The van der Waals surface area contributed by atoms with Crippen LogP contribution in [0.2, 0.25) is 0 Å². The number of hydrogen-bond donors (Lipinski definition) is 1. The van der Waals surface area contributed by atoms with Crippen LogP contribution in [0.25, 0.3) is 22.1 Å². The molecule has 0 radical (unpaired) electrons. The van der Waals surface area contributed by atoms with E-state index in [-0.39, 0.29) is 34.4 Å². The van der Waals surface area contributed by atoms with Gasteiger partial charge >= 0.3 is 6.18 Å². The van der Waals surface area contributed by atoms with E-state index in [1.165, 1.54) is 44.6 Å². The maximum absolute atomic E-state index is 14.2.